The highest BCUT2D eigenvalue weighted by Gasteiger charge is 2.49. The lowest BCUT2D eigenvalue weighted by Crippen LogP contribution is -2.57. The highest BCUT2D eigenvalue weighted by atomic mass is 19.1. The van der Waals surface area contributed by atoms with Crippen LogP contribution >= 0.6 is 0 Å². The Bertz CT molecular complexity index is 3460. The van der Waals surface area contributed by atoms with Crippen molar-refractivity contribution in [3.8, 4) is 56.8 Å². The van der Waals surface area contributed by atoms with Crippen molar-refractivity contribution in [2.45, 2.75) is 90.0 Å². The average molecular weight is 933 g/mol. The molecule has 8 N–H and O–H groups in total. The van der Waals surface area contributed by atoms with Crippen molar-refractivity contribution in [1.82, 2.24) is 59.9 Å². The van der Waals surface area contributed by atoms with Gasteiger partial charge in [-0.1, -0.05) is 25.8 Å². The highest BCUT2D eigenvalue weighted by molar-refractivity contribution is 5.95. The van der Waals surface area contributed by atoms with Crippen LogP contribution in [0.25, 0.3) is 67.1 Å². The van der Waals surface area contributed by atoms with Gasteiger partial charge in [0.15, 0.2) is 34.8 Å². The number of halogens is 2. The van der Waals surface area contributed by atoms with E-state index in [0.29, 0.717) is 82.2 Å². The van der Waals surface area contributed by atoms with Crippen LogP contribution in [-0.4, -0.2) is 124 Å². The van der Waals surface area contributed by atoms with Gasteiger partial charge < -0.3 is 40.2 Å². The molecule has 0 bridgehead atoms. The third kappa shape index (κ3) is 6.74. The zero-order chi connectivity index (χ0) is 55.3. The van der Waals surface area contributed by atoms with Gasteiger partial charge in [0, 0.05) is 63.7 Å². The number of aliphatic hydroxyl groups excluding tert-OH is 2. The number of aromatic nitrogens is 8. The van der Waals surface area contributed by atoms with Gasteiger partial charge in [0.1, 0.15) is 23.7 Å². The molecule has 17 nitrogen and oxygen atoms in total. The quantitative estimate of drug-likeness (QED) is 0.0810. The number of amides is 2. The van der Waals surface area contributed by atoms with Crippen molar-refractivity contribution < 1.29 is 47.7 Å². The maximum atomic E-state index is 14.7. The molecule has 12 rings (SSSR count). The molecule has 8 aromatic rings. The minimum Gasteiger partial charge on any atom is -0.505 e. The minimum absolute atomic E-state index is 0.0591. The monoisotopic (exact) mass is 932 g/mol. The third-order valence-corrected chi connectivity index (χ3v) is 13.7. The fraction of sp³-hybridized carbons (Fsp3) is 0.327. The number of aromatic amines is 4. The number of likely N-dealkylation sites (tertiary alicyclic amines) is 2. The number of hydrogen-bond donors (Lipinski definition) is 8. The summed E-state index contributed by atoms with van der Waals surface area (Å²) in [6.07, 6.45) is -8.41. The van der Waals surface area contributed by atoms with Crippen LogP contribution in [0.1, 0.15) is 74.2 Å². The lowest BCUT2D eigenvalue weighted by atomic mass is 9.96. The summed E-state index contributed by atoms with van der Waals surface area (Å²) in [7, 11) is 0. The Hall–Kier alpha value is -7.19. The maximum absolute atomic E-state index is 14.7. The molecule has 2 unspecified atom stereocenters. The Morgan fingerprint density at radius 3 is 1.57 bits per heavy atom. The molecule has 4 aromatic carbocycles. The summed E-state index contributed by atoms with van der Waals surface area (Å²) in [5.41, 5.74) is 4.25. The molecule has 0 radical (unpaired) electrons. The predicted molar refractivity (Wildman–Crippen MR) is 246 cm³/mol. The number of H-pyrrole nitrogens is 4. The maximum Gasteiger partial charge on any atom is 0.322 e. The molecule has 2 fully saturated rings. The topological polar surface area (TPSA) is 226 Å². The van der Waals surface area contributed by atoms with Crippen molar-refractivity contribution in [3.05, 3.63) is 106 Å². The van der Waals surface area contributed by atoms with Gasteiger partial charge in [-0.25, -0.2) is 23.5 Å². The van der Waals surface area contributed by atoms with E-state index in [4.69, 9.17) is 23.7 Å². The van der Waals surface area contributed by atoms with Crippen LogP contribution in [0.5, 0.6) is 11.5 Å². The first kappa shape index (κ1) is 32.5. The summed E-state index contributed by atoms with van der Waals surface area (Å²) < 4.78 is 110. The minimum atomic E-state index is -3.13. The summed E-state index contributed by atoms with van der Waals surface area (Å²) in [6.45, 7) is -4.55. The fourth-order valence-electron chi connectivity index (χ4n) is 10.4. The van der Waals surface area contributed by atoms with E-state index in [9.17, 15) is 34.0 Å². The van der Waals surface area contributed by atoms with Crippen LogP contribution in [0.15, 0.2) is 60.7 Å². The van der Waals surface area contributed by atoms with Gasteiger partial charge in [-0.2, -0.15) is 10.2 Å². The normalized spacial score (nSPS) is 23.7. The van der Waals surface area contributed by atoms with Crippen LogP contribution in [0.3, 0.4) is 0 Å². The number of nitrogens with zero attached hydrogens (tertiary/aromatic N) is 8. The van der Waals surface area contributed by atoms with Crippen LogP contribution in [0.4, 0.5) is 13.6 Å². The largest absolute Gasteiger partial charge is 0.505 e. The summed E-state index contributed by atoms with van der Waals surface area (Å²) >= 11 is 0. The summed E-state index contributed by atoms with van der Waals surface area (Å²) in [5, 5.41) is 59.0. The number of aryl methyl sites for hydroxylation is 2. The number of nitrogens with one attached hydrogen (secondary N) is 4. The first-order chi connectivity index (χ1) is 36.8. The Kier molecular flexibility index (Phi) is 7.63. The number of carbonyl (C=O) groups excluding carboxylic acids is 1. The van der Waals surface area contributed by atoms with E-state index in [1.54, 1.807) is 46.2 Å². The molecule has 4 aliphatic heterocycles. The van der Waals surface area contributed by atoms with E-state index in [1.165, 1.54) is 0 Å². The van der Waals surface area contributed by atoms with Crippen LogP contribution in [-0.2, 0) is 38.9 Å². The molecule has 68 heavy (non-hydrogen) atoms. The second kappa shape index (κ2) is 16.0. The standard InChI is InChI=1S/C49H48F2N12O5/c1-3-23-15-41(66)31(50)17-29(23)25-5-7-27-33(13-25)56-58-43(27)45-52-35-19-60(20-36(35)53-45)47-39(64)9-11-62(47)49(68)63-12-10-40(65)48(63)61-21-37-38(22-61)55-46(54-37)44-28-8-6-26(14-34(28)57-59-44)30-18-32(51)42(67)16-24(30)4-2/h5-8,13-18,39-40,47-48,64-67H,3-4,9-12,19-22H2,1-2H3,(H,52,53)(H,54,55)(H,56,58)(H,57,59)/t39?,40?,47-,48-/m0/s1/i1D3,2D3,3D2,4D2. The number of carbonyl (C=O) groups is 1. The van der Waals surface area contributed by atoms with Crippen molar-refractivity contribution >= 4 is 27.8 Å². The average Bonchev–Trinajstić information content (AvgIpc) is 4.37. The van der Waals surface area contributed by atoms with Crippen molar-refractivity contribution in [2.24, 2.45) is 0 Å². The molecule has 8 heterocycles. The Balaban J connectivity index is 0.730. The van der Waals surface area contributed by atoms with Crippen molar-refractivity contribution in [1.29, 1.82) is 0 Å². The van der Waals surface area contributed by atoms with E-state index < -0.39 is 85.2 Å². The van der Waals surface area contributed by atoms with E-state index in [2.05, 4.69) is 30.4 Å². The third-order valence-electron chi connectivity index (χ3n) is 13.7. The number of rotatable bonds is 8. The summed E-state index contributed by atoms with van der Waals surface area (Å²) in [6, 6.07) is 12.7. The van der Waals surface area contributed by atoms with Gasteiger partial charge in [-0.05, 0) is 107 Å². The second-order valence-electron chi connectivity index (χ2n) is 17.7. The molecular formula is C49H48F2N12O5. The number of hydrogen-bond acceptors (Lipinski definition) is 11. The first-order valence-electron chi connectivity index (χ1n) is 26.9. The Morgan fingerprint density at radius 2 is 1.15 bits per heavy atom. The summed E-state index contributed by atoms with van der Waals surface area (Å²) in [4.78, 5) is 38.2. The lowest BCUT2D eigenvalue weighted by molar-refractivity contribution is -0.0181. The van der Waals surface area contributed by atoms with Gasteiger partial charge >= 0.3 is 6.03 Å². The molecule has 0 aliphatic carbocycles. The number of benzene rings is 4. The molecule has 0 spiro atoms. The van der Waals surface area contributed by atoms with Crippen LogP contribution in [0.2, 0.25) is 0 Å². The van der Waals surface area contributed by atoms with E-state index in [0.717, 1.165) is 35.7 Å². The SMILES string of the molecule is [2H]C([2H])([2H])C([2H])([2H])c1cc(O)c(F)cc1-c1ccc2c(-c3nc4c([nH]3)CN([C@@H]3C(O)CCN3C(=O)N3CCC(O)[C@H]3N3Cc5nc(-c6n[nH]c7cc(-c8cc(F)c(O)cc8C([2H])([2H])C([2H])([2H])[2H])ccc67)[nH]c5C3)C4)n[nH]c2c1. The molecule has 348 valence electrons. The van der Waals surface area contributed by atoms with Crippen LogP contribution in [0, 0.1) is 11.6 Å². The van der Waals surface area contributed by atoms with E-state index >= 15 is 0 Å². The molecule has 4 aromatic heterocycles. The summed E-state index contributed by atoms with van der Waals surface area (Å²) in [5.74, 6) is -3.02. The number of aromatic hydroxyl groups is 2. The molecule has 2 amide bonds. The Labute approximate surface area is 401 Å². The highest BCUT2D eigenvalue weighted by Crippen LogP contribution is 2.39. The molecule has 2 saturated heterocycles. The van der Waals surface area contributed by atoms with Gasteiger partial charge in [-0.15, -0.1) is 0 Å². The number of urea groups is 1. The van der Waals surface area contributed by atoms with E-state index in [1.807, 2.05) is 9.80 Å². The van der Waals surface area contributed by atoms with Crippen LogP contribution < -0.4 is 0 Å². The lowest BCUT2D eigenvalue weighted by Gasteiger charge is -2.39. The first-order valence-corrected chi connectivity index (χ1v) is 21.9. The number of fused-ring (bicyclic) bond motifs is 4. The molecule has 0 saturated carbocycles. The fourth-order valence-corrected chi connectivity index (χ4v) is 10.4. The van der Waals surface area contributed by atoms with Gasteiger partial charge in [0.2, 0.25) is 0 Å². The molecule has 4 atom stereocenters. The van der Waals surface area contributed by atoms with Gasteiger partial charge in [0.05, 0.1) is 46.0 Å². The Morgan fingerprint density at radius 1 is 0.691 bits per heavy atom. The molecular weight excluding hydrogens is 875 g/mol. The zero-order valence-electron chi connectivity index (χ0n) is 45.8. The number of phenols is 2. The molecule has 4 aliphatic rings. The molecule has 19 heteroatoms. The predicted octanol–water partition coefficient (Wildman–Crippen LogP) is 6.60. The second-order valence-corrected chi connectivity index (χ2v) is 17.7. The van der Waals surface area contributed by atoms with Gasteiger partial charge in [0.25, 0.3) is 0 Å². The zero-order valence-corrected chi connectivity index (χ0v) is 35.8. The number of phenolic OH excluding ortho intramolecular Hbond substituents is 2. The van der Waals surface area contributed by atoms with Crippen molar-refractivity contribution in [3.63, 3.8) is 0 Å². The number of aliphatic hydroxyl groups is 2. The van der Waals surface area contributed by atoms with Gasteiger partial charge in [-0.3, -0.25) is 20.0 Å². The smallest absolute Gasteiger partial charge is 0.322 e. The van der Waals surface area contributed by atoms with Crippen molar-refractivity contribution in [2.75, 3.05) is 13.1 Å². The van der Waals surface area contributed by atoms with E-state index in [-0.39, 0.29) is 54.5 Å². The number of imidazole rings is 2.